The molecular formula is C20H31N7O. The Labute approximate surface area is 166 Å². The van der Waals surface area contributed by atoms with E-state index in [9.17, 15) is 5.11 Å². The zero-order valence-corrected chi connectivity index (χ0v) is 16.8. The third-order valence-electron chi connectivity index (χ3n) is 4.94. The number of unbranched alkanes of at least 4 members (excludes halogenated alkanes) is 1. The van der Waals surface area contributed by atoms with Gasteiger partial charge < -0.3 is 21.1 Å². The summed E-state index contributed by atoms with van der Waals surface area (Å²) < 4.78 is 0. The van der Waals surface area contributed by atoms with Crippen LogP contribution in [-0.4, -0.2) is 50.3 Å². The van der Waals surface area contributed by atoms with Crippen molar-refractivity contribution in [2.45, 2.75) is 64.5 Å². The molecule has 0 unspecified atom stereocenters. The minimum Gasteiger partial charge on any atom is -0.393 e. The Morgan fingerprint density at radius 3 is 2.64 bits per heavy atom. The summed E-state index contributed by atoms with van der Waals surface area (Å²) in [5.41, 5.74) is 1.64. The van der Waals surface area contributed by atoms with Crippen molar-refractivity contribution in [1.82, 2.24) is 19.9 Å². The number of aromatic nitrogens is 4. The van der Waals surface area contributed by atoms with Gasteiger partial charge in [-0.2, -0.15) is 4.98 Å². The molecule has 0 radical (unpaired) electrons. The smallest absolute Gasteiger partial charge is 0.224 e. The first-order valence-electron chi connectivity index (χ1n) is 10.3. The highest BCUT2D eigenvalue weighted by atomic mass is 16.3. The summed E-state index contributed by atoms with van der Waals surface area (Å²) in [6, 6.07) is 2.21. The summed E-state index contributed by atoms with van der Waals surface area (Å²) in [5, 5.41) is 19.9. The lowest BCUT2D eigenvalue weighted by molar-refractivity contribution is 0.126. The summed E-state index contributed by atoms with van der Waals surface area (Å²) in [6.45, 7) is 5.84. The molecule has 0 aliphatic heterocycles. The van der Waals surface area contributed by atoms with E-state index in [2.05, 4.69) is 37.8 Å². The first-order chi connectivity index (χ1) is 13.7. The van der Waals surface area contributed by atoms with Crippen LogP contribution in [0.3, 0.4) is 0 Å². The van der Waals surface area contributed by atoms with Crippen LogP contribution in [0.4, 0.5) is 17.6 Å². The van der Waals surface area contributed by atoms with Crippen molar-refractivity contribution < 1.29 is 5.11 Å². The highest BCUT2D eigenvalue weighted by molar-refractivity contribution is 5.74. The van der Waals surface area contributed by atoms with Crippen molar-refractivity contribution in [1.29, 1.82) is 0 Å². The highest BCUT2D eigenvalue weighted by Crippen LogP contribution is 2.29. The molecule has 0 saturated heterocycles. The van der Waals surface area contributed by atoms with Crippen molar-refractivity contribution >= 4 is 17.6 Å². The van der Waals surface area contributed by atoms with E-state index in [1.54, 1.807) is 6.33 Å². The van der Waals surface area contributed by atoms with E-state index in [0.717, 1.165) is 74.5 Å². The van der Waals surface area contributed by atoms with Crippen LogP contribution in [0.1, 0.15) is 52.4 Å². The van der Waals surface area contributed by atoms with E-state index in [0.29, 0.717) is 5.95 Å². The average Bonchev–Trinajstić information content (AvgIpc) is 2.71. The fraction of sp³-hybridized carbons (Fsp3) is 0.600. The molecule has 8 heteroatoms. The van der Waals surface area contributed by atoms with E-state index in [4.69, 9.17) is 4.98 Å². The van der Waals surface area contributed by atoms with Crippen LogP contribution in [0.2, 0.25) is 0 Å². The number of hydrogen-bond donors (Lipinski definition) is 4. The van der Waals surface area contributed by atoms with Crippen LogP contribution in [0, 0.1) is 0 Å². The molecule has 0 aromatic carbocycles. The minimum absolute atomic E-state index is 0.182. The minimum atomic E-state index is -0.182. The summed E-state index contributed by atoms with van der Waals surface area (Å²) >= 11 is 0. The maximum absolute atomic E-state index is 9.78. The van der Waals surface area contributed by atoms with Gasteiger partial charge in [0, 0.05) is 31.4 Å². The molecule has 152 valence electrons. The maximum Gasteiger partial charge on any atom is 0.224 e. The molecule has 2 aromatic rings. The Bertz CT molecular complexity index is 747. The lowest BCUT2D eigenvalue weighted by Gasteiger charge is -2.27. The van der Waals surface area contributed by atoms with Gasteiger partial charge in [-0.1, -0.05) is 13.3 Å². The quantitative estimate of drug-likeness (QED) is 0.487. The van der Waals surface area contributed by atoms with Crippen molar-refractivity contribution in [2.24, 2.45) is 0 Å². The third-order valence-corrected chi connectivity index (χ3v) is 4.94. The number of aliphatic hydroxyl groups is 1. The SMILES string of the molecule is CCCCNc1ncc(-c2cc(NCC)ncn2)c(NC2CCC(O)CC2)n1. The summed E-state index contributed by atoms with van der Waals surface area (Å²) in [4.78, 5) is 17.9. The van der Waals surface area contributed by atoms with Crippen molar-refractivity contribution in [3.8, 4) is 11.3 Å². The fourth-order valence-corrected chi connectivity index (χ4v) is 3.34. The summed E-state index contributed by atoms with van der Waals surface area (Å²) in [5.74, 6) is 2.18. The molecule has 0 atom stereocenters. The topological polar surface area (TPSA) is 108 Å². The van der Waals surface area contributed by atoms with Gasteiger partial charge in [-0.15, -0.1) is 0 Å². The van der Waals surface area contributed by atoms with Gasteiger partial charge in [0.1, 0.15) is 18.0 Å². The second-order valence-corrected chi connectivity index (χ2v) is 7.20. The van der Waals surface area contributed by atoms with E-state index >= 15 is 0 Å². The molecule has 28 heavy (non-hydrogen) atoms. The highest BCUT2D eigenvalue weighted by Gasteiger charge is 2.21. The summed E-state index contributed by atoms with van der Waals surface area (Å²) in [6.07, 6.45) is 8.88. The summed E-state index contributed by atoms with van der Waals surface area (Å²) in [7, 11) is 0. The van der Waals surface area contributed by atoms with Crippen molar-refractivity contribution in [3.63, 3.8) is 0 Å². The zero-order valence-electron chi connectivity index (χ0n) is 16.8. The maximum atomic E-state index is 9.78. The Balaban J connectivity index is 1.85. The number of anilines is 3. The van der Waals surface area contributed by atoms with Crippen LogP contribution < -0.4 is 16.0 Å². The van der Waals surface area contributed by atoms with E-state index in [-0.39, 0.29) is 12.1 Å². The molecule has 2 heterocycles. The lowest BCUT2D eigenvalue weighted by Crippen LogP contribution is -2.29. The largest absolute Gasteiger partial charge is 0.393 e. The molecule has 0 bridgehead atoms. The van der Waals surface area contributed by atoms with Crippen molar-refractivity contribution in [2.75, 3.05) is 29.0 Å². The number of rotatable bonds is 9. The number of nitrogens with one attached hydrogen (secondary N) is 3. The average molecular weight is 386 g/mol. The molecule has 1 fully saturated rings. The molecule has 0 amide bonds. The predicted molar refractivity (Wildman–Crippen MR) is 113 cm³/mol. The standard InChI is InChI=1S/C20H31N7O/c1-3-5-10-22-20-23-12-16(17-11-18(21-4-2)25-13-24-17)19(27-20)26-14-6-8-15(28)9-7-14/h11-15,28H,3-10H2,1-2H3,(H,21,24,25)(H2,22,23,26,27). The van der Waals surface area contributed by atoms with Gasteiger partial charge in [-0.05, 0) is 39.0 Å². The Morgan fingerprint density at radius 2 is 1.89 bits per heavy atom. The number of hydrogen-bond acceptors (Lipinski definition) is 8. The molecule has 8 nitrogen and oxygen atoms in total. The van der Waals surface area contributed by atoms with Crippen LogP contribution in [-0.2, 0) is 0 Å². The zero-order chi connectivity index (χ0) is 19.8. The Kier molecular flexibility index (Phi) is 7.36. The van der Waals surface area contributed by atoms with Gasteiger partial charge in [-0.3, -0.25) is 0 Å². The van der Waals surface area contributed by atoms with Gasteiger partial charge in [0.05, 0.1) is 17.4 Å². The molecule has 1 aliphatic carbocycles. The van der Waals surface area contributed by atoms with Gasteiger partial charge in [0.15, 0.2) is 0 Å². The second kappa shape index (κ2) is 10.2. The first-order valence-corrected chi connectivity index (χ1v) is 10.3. The van der Waals surface area contributed by atoms with Gasteiger partial charge in [-0.25, -0.2) is 15.0 Å². The molecule has 1 aliphatic rings. The van der Waals surface area contributed by atoms with Crippen LogP contribution in [0.15, 0.2) is 18.6 Å². The van der Waals surface area contributed by atoms with Crippen LogP contribution in [0.25, 0.3) is 11.3 Å². The second-order valence-electron chi connectivity index (χ2n) is 7.20. The Hall–Kier alpha value is -2.48. The fourth-order valence-electron chi connectivity index (χ4n) is 3.34. The van der Waals surface area contributed by atoms with E-state index in [1.165, 1.54) is 0 Å². The first kappa shape index (κ1) is 20.3. The number of aliphatic hydroxyl groups excluding tert-OH is 1. The van der Waals surface area contributed by atoms with Gasteiger partial charge in [0.2, 0.25) is 5.95 Å². The molecule has 0 spiro atoms. The lowest BCUT2D eigenvalue weighted by atomic mass is 9.93. The van der Waals surface area contributed by atoms with Crippen LogP contribution in [0.5, 0.6) is 0 Å². The molecule has 4 N–H and O–H groups in total. The van der Waals surface area contributed by atoms with Crippen molar-refractivity contribution in [3.05, 3.63) is 18.6 Å². The monoisotopic (exact) mass is 385 g/mol. The molecular weight excluding hydrogens is 354 g/mol. The van der Waals surface area contributed by atoms with Gasteiger partial charge >= 0.3 is 0 Å². The van der Waals surface area contributed by atoms with E-state index in [1.807, 2.05) is 19.2 Å². The normalized spacial score (nSPS) is 19.2. The third kappa shape index (κ3) is 5.51. The molecule has 3 rings (SSSR count). The number of nitrogens with zero attached hydrogens (tertiary/aromatic N) is 4. The predicted octanol–water partition coefficient (Wildman–Crippen LogP) is 3.29. The Morgan fingerprint density at radius 1 is 1.07 bits per heavy atom. The van der Waals surface area contributed by atoms with E-state index < -0.39 is 0 Å². The van der Waals surface area contributed by atoms with Gasteiger partial charge in [0.25, 0.3) is 0 Å². The van der Waals surface area contributed by atoms with Crippen LogP contribution >= 0.6 is 0 Å². The molecule has 1 saturated carbocycles. The molecule has 2 aromatic heterocycles.